The molecule has 4 N–H and O–H groups in total. The van der Waals surface area contributed by atoms with Gasteiger partial charge >= 0.3 is 6.03 Å². The number of amides is 3. The van der Waals surface area contributed by atoms with Crippen molar-refractivity contribution in [3.8, 4) is 5.75 Å². The molecular formula is C19H18ClN3O3. The van der Waals surface area contributed by atoms with Gasteiger partial charge in [0.2, 0.25) is 0 Å². The highest BCUT2D eigenvalue weighted by atomic mass is 35.5. The Morgan fingerprint density at radius 1 is 1.15 bits per heavy atom. The number of rotatable bonds is 3. The number of aromatic hydroxyl groups is 1. The number of hydrogen-bond acceptors (Lipinski definition) is 3. The van der Waals surface area contributed by atoms with Crippen LogP contribution >= 0.6 is 11.6 Å². The number of benzene rings is 2. The Morgan fingerprint density at radius 3 is 2.50 bits per heavy atom. The van der Waals surface area contributed by atoms with Crippen molar-refractivity contribution < 1.29 is 14.7 Å². The maximum Gasteiger partial charge on any atom is 0.319 e. The van der Waals surface area contributed by atoms with Crippen LogP contribution in [0.3, 0.4) is 0 Å². The molecule has 2 aromatic carbocycles. The quantitative estimate of drug-likeness (QED) is 0.664. The fourth-order valence-corrected chi connectivity index (χ4v) is 2.96. The number of phenolic OH excluding ortho intramolecular Hbond substituents is 1. The Hall–Kier alpha value is -2.99. The number of anilines is 1. The molecule has 0 saturated heterocycles. The molecule has 1 atom stereocenters. The molecule has 2 aromatic rings. The predicted octanol–water partition coefficient (Wildman–Crippen LogP) is 3.62. The van der Waals surface area contributed by atoms with Crippen LogP contribution in [0, 0.1) is 6.92 Å². The summed E-state index contributed by atoms with van der Waals surface area (Å²) in [6, 6.07) is 10.6. The molecule has 0 saturated carbocycles. The molecule has 6 nitrogen and oxygen atoms in total. The van der Waals surface area contributed by atoms with E-state index in [1.165, 1.54) is 12.1 Å². The lowest BCUT2D eigenvalue weighted by Crippen LogP contribution is -2.45. The second-order valence-corrected chi connectivity index (χ2v) is 6.49. The van der Waals surface area contributed by atoms with E-state index >= 15 is 0 Å². The van der Waals surface area contributed by atoms with Crippen molar-refractivity contribution in [1.29, 1.82) is 0 Å². The number of urea groups is 1. The Labute approximate surface area is 155 Å². The van der Waals surface area contributed by atoms with Gasteiger partial charge in [-0.25, -0.2) is 4.79 Å². The van der Waals surface area contributed by atoms with Crippen LogP contribution in [0.1, 0.15) is 24.1 Å². The molecule has 0 spiro atoms. The molecule has 0 radical (unpaired) electrons. The van der Waals surface area contributed by atoms with E-state index < -0.39 is 12.1 Å². The predicted molar refractivity (Wildman–Crippen MR) is 100 cm³/mol. The summed E-state index contributed by atoms with van der Waals surface area (Å²) in [5.41, 5.74) is 3.00. The fraction of sp³-hybridized carbons (Fsp3) is 0.158. The monoisotopic (exact) mass is 371 g/mol. The zero-order chi connectivity index (χ0) is 18.8. The minimum absolute atomic E-state index is 0.106. The van der Waals surface area contributed by atoms with Gasteiger partial charge in [0.1, 0.15) is 5.75 Å². The van der Waals surface area contributed by atoms with Gasteiger partial charge in [-0.15, -0.1) is 0 Å². The number of aryl methyl sites for hydroxylation is 1. The number of phenols is 1. The van der Waals surface area contributed by atoms with Crippen molar-refractivity contribution in [3.05, 3.63) is 69.9 Å². The van der Waals surface area contributed by atoms with Gasteiger partial charge in [-0.2, -0.15) is 0 Å². The highest BCUT2D eigenvalue weighted by Crippen LogP contribution is 2.29. The molecule has 26 heavy (non-hydrogen) atoms. The molecule has 0 aromatic heterocycles. The maximum atomic E-state index is 12.9. The van der Waals surface area contributed by atoms with Crippen LogP contribution in [0.15, 0.2) is 53.7 Å². The zero-order valence-corrected chi connectivity index (χ0v) is 15.0. The molecule has 1 aliphatic rings. The number of halogens is 1. The standard InChI is InChI=1S/C19H18ClN3O3/c1-10-3-6-13(9-15(10)20)22-18(25)16-11(2)21-19(26)23-17(16)12-4-7-14(24)8-5-12/h3-9,17,24H,1-2H3,(H,22,25)(H2,21,23,26). The van der Waals surface area contributed by atoms with Crippen molar-refractivity contribution in [1.82, 2.24) is 10.6 Å². The Bertz CT molecular complexity index is 907. The van der Waals surface area contributed by atoms with Crippen molar-refractivity contribution in [2.24, 2.45) is 0 Å². The Balaban J connectivity index is 1.93. The normalized spacial score (nSPS) is 16.7. The second-order valence-electron chi connectivity index (χ2n) is 6.08. The van der Waals surface area contributed by atoms with E-state index in [4.69, 9.17) is 11.6 Å². The van der Waals surface area contributed by atoms with Crippen molar-refractivity contribution >= 4 is 29.2 Å². The van der Waals surface area contributed by atoms with Gasteiger partial charge in [0, 0.05) is 16.4 Å². The first-order valence-corrected chi connectivity index (χ1v) is 8.37. The third-order valence-electron chi connectivity index (χ3n) is 4.17. The third-order valence-corrected chi connectivity index (χ3v) is 4.58. The minimum atomic E-state index is -0.634. The highest BCUT2D eigenvalue weighted by Gasteiger charge is 2.31. The number of hydrogen-bond donors (Lipinski definition) is 4. The topological polar surface area (TPSA) is 90.5 Å². The lowest BCUT2D eigenvalue weighted by molar-refractivity contribution is -0.113. The molecule has 0 bridgehead atoms. The minimum Gasteiger partial charge on any atom is -0.508 e. The van der Waals surface area contributed by atoms with E-state index in [9.17, 15) is 14.7 Å². The number of nitrogens with one attached hydrogen (secondary N) is 3. The summed E-state index contributed by atoms with van der Waals surface area (Å²) >= 11 is 6.11. The number of allylic oxidation sites excluding steroid dienone is 1. The first-order chi connectivity index (χ1) is 12.3. The molecule has 1 unspecified atom stereocenters. The molecule has 134 valence electrons. The average molecular weight is 372 g/mol. The van der Waals surface area contributed by atoms with Crippen molar-refractivity contribution in [2.75, 3.05) is 5.32 Å². The van der Waals surface area contributed by atoms with E-state index in [-0.39, 0.29) is 11.7 Å². The molecule has 0 fully saturated rings. The highest BCUT2D eigenvalue weighted by molar-refractivity contribution is 6.31. The van der Waals surface area contributed by atoms with Gasteiger partial charge in [-0.3, -0.25) is 4.79 Å². The largest absolute Gasteiger partial charge is 0.508 e. The molecular weight excluding hydrogens is 354 g/mol. The van der Waals surface area contributed by atoms with Gasteiger partial charge in [0.15, 0.2) is 0 Å². The molecule has 3 amide bonds. The van der Waals surface area contributed by atoms with E-state index in [2.05, 4.69) is 16.0 Å². The zero-order valence-electron chi connectivity index (χ0n) is 14.3. The van der Waals surface area contributed by atoms with Crippen LogP contribution in [0.5, 0.6) is 5.75 Å². The summed E-state index contributed by atoms with van der Waals surface area (Å²) in [6.45, 7) is 3.55. The summed E-state index contributed by atoms with van der Waals surface area (Å²) < 4.78 is 0. The average Bonchev–Trinajstić information content (AvgIpc) is 2.58. The lowest BCUT2D eigenvalue weighted by Gasteiger charge is -2.28. The molecule has 7 heteroatoms. The van der Waals surface area contributed by atoms with Gasteiger partial charge < -0.3 is 21.1 Å². The SMILES string of the molecule is CC1=C(C(=O)Nc2ccc(C)c(Cl)c2)C(c2ccc(O)cc2)NC(=O)N1. The van der Waals surface area contributed by atoms with Crippen LogP contribution in [0.2, 0.25) is 5.02 Å². The van der Waals surface area contributed by atoms with E-state index in [1.54, 1.807) is 31.2 Å². The van der Waals surface area contributed by atoms with Crippen molar-refractivity contribution in [3.63, 3.8) is 0 Å². The Morgan fingerprint density at radius 2 is 1.85 bits per heavy atom. The third kappa shape index (κ3) is 3.65. The van der Waals surface area contributed by atoms with Crippen LogP contribution < -0.4 is 16.0 Å². The van der Waals surface area contributed by atoms with Crippen molar-refractivity contribution in [2.45, 2.75) is 19.9 Å². The van der Waals surface area contributed by atoms with Crippen LogP contribution in [0.25, 0.3) is 0 Å². The first-order valence-electron chi connectivity index (χ1n) is 8.00. The maximum absolute atomic E-state index is 12.9. The lowest BCUT2D eigenvalue weighted by atomic mass is 9.94. The molecule has 3 rings (SSSR count). The fourth-order valence-electron chi connectivity index (χ4n) is 2.78. The number of carbonyl (C=O) groups excluding carboxylic acids is 2. The number of carbonyl (C=O) groups is 2. The van der Waals surface area contributed by atoms with Crippen LogP contribution in [-0.4, -0.2) is 17.0 Å². The summed E-state index contributed by atoms with van der Waals surface area (Å²) in [5.74, 6) is -0.247. The second kappa shape index (κ2) is 7.09. The van der Waals surface area contributed by atoms with E-state index in [1.807, 2.05) is 13.0 Å². The summed E-state index contributed by atoms with van der Waals surface area (Å²) in [5, 5.41) is 18.2. The first kappa shape index (κ1) is 17.8. The molecule has 0 aliphatic carbocycles. The van der Waals surface area contributed by atoms with E-state index in [0.29, 0.717) is 27.5 Å². The van der Waals surface area contributed by atoms with E-state index in [0.717, 1.165) is 5.56 Å². The Kier molecular flexibility index (Phi) is 4.86. The summed E-state index contributed by atoms with van der Waals surface area (Å²) in [7, 11) is 0. The summed E-state index contributed by atoms with van der Waals surface area (Å²) in [4.78, 5) is 24.8. The molecule has 1 heterocycles. The van der Waals surface area contributed by atoms with Gasteiger partial charge in [-0.05, 0) is 49.2 Å². The van der Waals surface area contributed by atoms with Gasteiger partial charge in [-0.1, -0.05) is 29.8 Å². The van der Waals surface area contributed by atoms with Crippen LogP contribution in [0.4, 0.5) is 10.5 Å². The molecule has 1 aliphatic heterocycles. The summed E-state index contributed by atoms with van der Waals surface area (Å²) in [6.07, 6.45) is 0. The van der Waals surface area contributed by atoms with Gasteiger partial charge in [0.25, 0.3) is 5.91 Å². The smallest absolute Gasteiger partial charge is 0.319 e. The van der Waals surface area contributed by atoms with Crippen LogP contribution in [-0.2, 0) is 4.79 Å². The van der Waals surface area contributed by atoms with Gasteiger partial charge in [0.05, 0.1) is 11.6 Å².